The molecule has 2 saturated heterocycles. The van der Waals surface area contributed by atoms with Crippen molar-refractivity contribution in [3.05, 3.63) is 34.1 Å². The SMILES string of the molecule is CCc1[nH]c(C(=O)N2CC[C@H]3CN(c4nc5cc(C)nc(C(=O)O)c5s4)CC[C@H]32)nc1Cl. The van der Waals surface area contributed by atoms with Gasteiger partial charge in [0, 0.05) is 31.4 Å². The Bertz CT molecular complexity index is 1220. The number of thiazole rings is 1. The molecule has 0 bridgehead atoms. The van der Waals surface area contributed by atoms with Crippen molar-refractivity contribution < 1.29 is 14.7 Å². The maximum Gasteiger partial charge on any atom is 0.356 e. The number of aromatic amines is 1. The molecule has 3 aromatic rings. The standard InChI is InChI=1S/C21H23ClN6O3S/c1-3-12-17(22)26-18(24-12)19(29)28-7-4-11-9-27(6-5-14(11)28)21-25-13-8-10(2)23-15(20(30)31)16(13)32-21/h8,11,14H,3-7,9H2,1-2H3,(H,24,26)(H,30,31)/t11-,14+/m0/s1. The number of aromatic nitrogens is 4. The summed E-state index contributed by atoms with van der Waals surface area (Å²) < 4.78 is 0.602. The van der Waals surface area contributed by atoms with Crippen LogP contribution in [0.2, 0.25) is 5.15 Å². The van der Waals surface area contributed by atoms with Gasteiger partial charge in [-0.2, -0.15) is 0 Å². The number of carbonyl (C=O) groups is 2. The summed E-state index contributed by atoms with van der Waals surface area (Å²) in [5, 5.41) is 10.7. The molecule has 9 nitrogen and oxygen atoms in total. The molecular weight excluding hydrogens is 452 g/mol. The van der Waals surface area contributed by atoms with Crippen molar-refractivity contribution in [2.75, 3.05) is 24.5 Å². The van der Waals surface area contributed by atoms with Crippen LogP contribution in [0.3, 0.4) is 0 Å². The molecule has 0 aromatic carbocycles. The Balaban J connectivity index is 1.34. The molecule has 2 fully saturated rings. The average molecular weight is 475 g/mol. The number of carboxylic acids is 1. The van der Waals surface area contributed by atoms with E-state index in [1.54, 1.807) is 6.92 Å². The molecule has 0 saturated carbocycles. The average Bonchev–Trinajstić information content (AvgIpc) is 3.47. The first kappa shape index (κ1) is 21.1. The summed E-state index contributed by atoms with van der Waals surface area (Å²) in [4.78, 5) is 45.0. The van der Waals surface area contributed by atoms with Crippen LogP contribution < -0.4 is 4.90 Å². The summed E-state index contributed by atoms with van der Waals surface area (Å²) in [6.07, 6.45) is 2.43. The zero-order chi connectivity index (χ0) is 22.6. The van der Waals surface area contributed by atoms with E-state index in [0.29, 0.717) is 45.8 Å². The van der Waals surface area contributed by atoms with Crippen molar-refractivity contribution >= 4 is 50.2 Å². The number of rotatable bonds is 4. The second-order valence-electron chi connectivity index (χ2n) is 8.32. The van der Waals surface area contributed by atoms with Crippen molar-refractivity contribution in [3.63, 3.8) is 0 Å². The number of halogens is 1. The van der Waals surface area contributed by atoms with Crippen LogP contribution in [0.1, 0.15) is 52.3 Å². The number of nitrogens with one attached hydrogen (secondary N) is 1. The zero-order valence-corrected chi connectivity index (χ0v) is 19.3. The highest BCUT2D eigenvalue weighted by Crippen LogP contribution is 2.37. The molecule has 2 aliphatic rings. The Morgan fingerprint density at radius 1 is 1.28 bits per heavy atom. The second-order valence-corrected chi connectivity index (χ2v) is 9.66. The number of hydrogen-bond donors (Lipinski definition) is 2. The smallest absolute Gasteiger partial charge is 0.356 e. The first-order valence-corrected chi connectivity index (χ1v) is 11.9. The number of carbonyl (C=O) groups excluding carboxylic acids is 1. The molecule has 32 heavy (non-hydrogen) atoms. The third kappa shape index (κ3) is 3.51. The summed E-state index contributed by atoms with van der Waals surface area (Å²) in [5.41, 5.74) is 2.14. The fourth-order valence-corrected chi connectivity index (χ4v) is 6.12. The van der Waals surface area contributed by atoms with Crippen LogP contribution in [0.4, 0.5) is 5.13 Å². The van der Waals surface area contributed by atoms with Gasteiger partial charge in [-0.3, -0.25) is 4.79 Å². The number of anilines is 1. The lowest BCUT2D eigenvalue weighted by Crippen LogP contribution is -2.47. The van der Waals surface area contributed by atoms with Crippen LogP contribution in [-0.4, -0.2) is 67.5 Å². The van der Waals surface area contributed by atoms with Crippen molar-refractivity contribution in [3.8, 4) is 0 Å². The molecule has 2 N–H and O–H groups in total. The molecule has 11 heteroatoms. The number of carboxylic acid groups (broad SMARTS) is 1. The number of pyridine rings is 1. The van der Waals surface area contributed by atoms with Crippen LogP contribution >= 0.6 is 22.9 Å². The molecule has 5 rings (SSSR count). The molecule has 168 valence electrons. The number of piperidine rings is 1. The van der Waals surface area contributed by atoms with Crippen molar-refractivity contribution in [1.29, 1.82) is 0 Å². The molecule has 1 amide bonds. The third-order valence-electron chi connectivity index (χ3n) is 6.34. The Morgan fingerprint density at radius 2 is 2.09 bits per heavy atom. The quantitative estimate of drug-likeness (QED) is 0.595. The summed E-state index contributed by atoms with van der Waals surface area (Å²) >= 11 is 7.50. The van der Waals surface area contributed by atoms with Crippen molar-refractivity contribution in [2.45, 2.75) is 39.2 Å². The van der Waals surface area contributed by atoms with E-state index in [2.05, 4.69) is 19.9 Å². The first-order valence-electron chi connectivity index (χ1n) is 10.7. The highest BCUT2D eigenvalue weighted by atomic mass is 35.5. The van der Waals surface area contributed by atoms with E-state index in [0.717, 1.165) is 36.8 Å². The highest BCUT2D eigenvalue weighted by molar-refractivity contribution is 7.22. The zero-order valence-electron chi connectivity index (χ0n) is 17.8. The van der Waals surface area contributed by atoms with E-state index in [1.807, 2.05) is 17.9 Å². The minimum absolute atomic E-state index is 0.0554. The second kappa shape index (κ2) is 8.00. The van der Waals surface area contributed by atoms with E-state index < -0.39 is 5.97 Å². The maximum atomic E-state index is 13.1. The maximum absolute atomic E-state index is 13.1. The van der Waals surface area contributed by atoms with Crippen molar-refractivity contribution in [1.82, 2.24) is 24.8 Å². The molecular formula is C21H23ClN6O3S. The lowest BCUT2D eigenvalue weighted by molar-refractivity contribution is 0.0684. The number of aromatic carboxylic acids is 1. The lowest BCUT2D eigenvalue weighted by atomic mass is 9.93. The molecule has 0 aliphatic carbocycles. The summed E-state index contributed by atoms with van der Waals surface area (Å²) in [5.74, 6) is -0.498. The Kier molecular flexibility index (Phi) is 5.29. The van der Waals surface area contributed by atoms with Gasteiger partial charge >= 0.3 is 5.97 Å². The van der Waals surface area contributed by atoms with E-state index in [9.17, 15) is 14.7 Å². The van der Waals surface area contributed by atoms with E-state index >= 15 is 0 Å². The van der Waals surface area contributed by atoms with Gasteiger partial charge < -0.3 is 19.9 Å². The predicted octanol–water partition coefficient (Wildman–Crippen LogP) is 3.38. The van der Waals surface area contributed by atoms with Gasteiger partial charge in [-0.1, -0.05) is 29.9 Å². The Morgan fingerprint density at radius 3 is 2.81 bits per heavy atom. The van der Waals surface area contributed by atoms with E-state index in [-0.39, 0.29) is 17.6 Å². The van der Waals surface area contributed by atoms with E-state index in [1.165, 1.54) is 11.3 Å². The summed E-state index contributed by atoms with van der Waals surface area (Å²) in [6, 6.07) is 1.98. The van der Waals surface area contributed by atoms with Crippen LogP contribution in [0.5, 0.6) is 0 Å². The van der Waals surface area contributed by atoms with Gasteiger partial charge in [-0.25, -0.2) is 19.7 Å². The highest BCUT2D eigenvalue weighted by Gasteiger charge is 2.42. The molecule has 3 aromatic heterocycles. The van der Waals surface area contributed by atoms with Crippen LogP contribution in [-0.2, 0) is 6.42 Å². The van der Waals surface area contributed by atoms with Gasteiger partial charge in [0.25, 0.3) is 5.91 Å². The lowest BCUT2D eigenvalue weighted by Gasteiger charge is -2.37. The number of nitrogens with zero attached hydrogens (tertiary/aromatic N) is 5. The summed E-state index contributed by atoms with van der Waals surface area (Å²) in [7, 11) is 0. The minimum atomic E-state index is -1.04. The summed E-state index contributed by atoms with van der Waals surface area (Å²) in [6.45, 7) is 5.96. The van der Waals surface area contributed by atoms with Gasteiger partial charge in [0.2, 0.25) is 0 Å². The van der Waals surface area contributed by atoms with Crippen LogP contribution in [0, 0.1) is 12.8 Å². The van der Waals surface area contributed by atoms with Gasteiger partial charge in [0.05, 0.1) is 15.9 Å². The molecule has 0 unspecified atom stereocenters. The Labute approximate surface area is 193 Å². The van der Waals surface area contributed by atoms with Crippen molar-refractivity contribution in [2.24, 2.45) is 5.92 Å². The number of amides is 1. The monoisotopic (exact) mass is 474 g/mol. The topological polar surface area (TPSA) is 115 Å². The number of H-pyrrole nitrogens is 1. The number of fused-ring (bicyclic) bond motifs is 2. The van der Waals surface area contributed by atoms with Gasteiger partial charge in [-0.05, 0) is 38.2 Å². The van der Waals surface area contributed by atoms with Crippen LogP contribution in [0.25, 0.3) is 10.2 Å². The number of aryl methyl sites for hydroxylation is 2. The number of imidazole rings is 1. The fourth-order valence-electron chi connectivity index (χ4n) is 4.80. The number of likely N-dealkylation sites (tertiary alicyclic amines) is 1. The minimum Gasteiger partial charge on any atom is -0.476 e. The molecule has 2 aliphatic heterocycles. The third-order valence-corrected chi connectivity index (χ3v) is 7.80. The normalized spacial score (nSPS) is 20.7. The number of hydrogen-bond acceptors (Lipinski definition) is 7. The molecule has 5 heterocycles. The Hall–Kier alpha value is -2.72. The first-order chi connectivity index (χ1) is 15.4. The predicted molar refractivity (Wildman–Crippen MR) is 122 cm³/mol. The molecule has 2 atom stereocenters. The molecule has 0 radical (unpaired) electrons. The largest absolute Gasteiger partial charge is 0.476 e. The van der Waals surface area contributed by atoms with Gasteiger partial charge in [-0.15, -0.1) is 0 Å². The van der Waals surface area contributed by atoms with Crippen LogP contribution in [0.15, 0.2) is 6.07 Å². The van der Waals surface area contributed by atoms with E-state index in [4.69, 9.17) is 16.6 Å². The molecule has 0 spiro atoms. The van der Waals surface area contributed by atoms with Gasteiger partial charge in [0.1, 0.15) is 0 Å². The fraction of sp³-hybridized carbons (Fsp3) is 0.476. The van der Waals surface area contributed by atoms with Gasteiger partial charge in [0.15, 0.2) is 21.8 Å².